The van der Waals surface area contributed by atoms with Crippen molar-refractivity contribution < 1.29 is 9.53 Å². The summed E-state index contributed by atoms with van der Waals surface area (Å²) in [5.41, 5.74) is 8.06. The van der Waals surface area contributed by atoms with E-state index in [0.29, 0.717) is 15.1 Å². The molecule has 0 spiro atoms. The number of halogens is 2. The molecular weight excluding hydrogens is 564 g/mol. The van der Waals surface area contributed by atoms with E-state index in [4.69, 9.17) is 21.4 Å². The molecule has 8 heteroatoms. The van der Waals surface area contributed by atoms with Crippen LogP contribution in [0.25, 0.3) is 0 Å². The Hall–Kier alpha value is -3.94. The predicted molar refractivity (Wildman–Crippen MR) is 156 cm³/mol. The highest BCUT2D eigenvalue weighted by Crippen LogP contribution is 2.37. The fourth-order valence-corrected chi connectivity index (χ4v) is 4.83. The van der Waals surface area contributed by atoms with Crippen LogP contribution in [-0.4, -0.2) is 24.9 Å². The molecule has 1 N–H and O–H groups in total. The molecule has 4 aromatic rings. The maximum atomic E-state index is 12.4. The number of nitrogens with one attached hydrogen (secondary N) is 1. The minimum Gasteiger partial charge on any atom is -0.497 e. The van der Waals surface area contributed by atoms with Crippen molar-refractivity contribution in [2.75, 3.05) is 12.1 Å². The van der Waals surface area contributed by atoms with Crippen molar-refractivity contribution in [1.82, 2.24) is 5.43 Å². The zero-order valence-corrected chi connectivity index (χ0v) is 22.9. The van der Waals surface area contributed by atoms with Gasteiger partial charge in [0, 0.05) is 15.9 Å². The van der Waals surface area contributed by atoms with E-state index in [1.54, 1.807) is 25.5 Å². The van der Waals surface area contributed by atoms with Crippen LogP contribution in [0.2, 0.25) is 5.02 Å². The maximum Gasteiger partial charge on any atom is 0.272 e. The van der Waals surface area contributed by atoms with Gasteiger partial charge >= 0.3 is 0 Å². The maximum absolute atomic E-state index is 12.4. The second kappa shape index (κ2) is 11.6. The van der Waals surface area contributed by atoms with Crippen molar-refractivity contribution in [3.63, 3.8) is 0 Å². The number of hydrazone groups is 2. The molecule has 1 aliphatic rings. The van der Waals surface area contributed by atoms with Gasteiger partial charge in [0.05, 0.1) is 36.3 Å². The van der Waals surface area contributed by atoms with Crippen molar-refractivity contribution >= 4 is 51.1 Å². The molecule has 1 aliphatic heterocycles. The van der Waals surface area contributed by atoms with Crippen LogP contribution in [0.4, 0.5) is 5.69 Å². The molecule has 6 nitrogen and oxygen atoms in total. The fourth-order valence-electron chi connectivity index (χ4n) is 4.23. The minimum atomic E-state index is -0.284. The number of carbonyl (C=O) groups excluding carboxylic acids is 1. The van der Waals surface area contributed by atoms with Crippen LogP contribution in [0.15, 0.2) is 112 Å². The molecule has 0 radical (unpaired) electrons. The van der Waals surface area contributed by atoms with Crippen LogP contribution in [0, 0.1) is 0 Å². The first-order valence-electron chi connectivity index (χ1n) is 12.0. The summed E-state index contributed by atoms with van der Waals surface area (Å²) >= 11 is 9.49. The van der Waals surface area contributed by atoms with E-state index in [-0.39, 0.29) is 11.9 Å². The van der Waals surface area contributed by atoms with Gasteiger partial charge in [-0.2, -0.15) is 10.2 Å². The lowest BCUT2D eigenvalue weighted by Crippen LogP contribution is -2.18. The molecule has 38 heavy (non-hydrogen) atoms. The lowest BCUT2D eigenvalue weighted by Gasteiger charge is -2.24. The summed E-state index contributed by atoms with van der Waals surface area (Å²) in [6.45, 7) is 0. The smallest absolute Gasteiger partial charge is 0.272 e. The van der Waals surface area contributed by atoms with Crippen LogP contribution in [0.3, 0.4) is 0 Å². The SMILES string of the molecule is COc1ccc(C2CC(c3ccc(Cl)cc3)=NN2c2ccc(C=NNC(=O)c3ccccc3Br)cc2)cc1. The number of rotatable bonds is 7. The molecule has 5 rings (SSSR count). The standard InChI is InChI=1S/C30H24BrClN4O2/c1-38-25-16-10-22(11-17-25)29-18-28(21-8-12-23(32)13-9-21)35-36(29)24-14-6-20(7-15-24)19-33-34-30(37)26-4-2-3-5-27(26)31/h2-17,19,29H,18H2,1H3,(H,34,37). The molecule has 0 saturated heterocycles. The molecule has 0 saturated carbocycles. The van der Waals surface area contributed by atoms with Gasteiger partial charge in [-0.15, -0.1) is 0 Å². The van der Waals surface area contributed by atoms with E-state index in [9.17, 15) is 4.79 Å². The van der Waals surface area contributed by atoms with Crippen LogP contribution in [0.1, 0.15) is 39.5 Å². The fraction of sp³-hybridized carbons (Fsp3) is 0.100. The Morgan fingerprint density at radius 3 is 2.42 bits per heavy atom. The second-order valence-corrected chi connectivity index (χ2v) is 9.95. The average Bonchev–Trinajstić information content (AvgIpc) is 3.39. The minimum absolute atomic E-state index is 0.0229. The Bertz CT molecular complexity index is 1490. The number of carbonyl (C=O) groups is 1. The van der Waals surface area contributed by atoms with Gasteiger partial charge in [0.2, 0.25) is 0 Å². The predicted octanol–water partition coefficient (Wildman–Crippen LogP) is 7.23. The van der Waals surface area contributed by atoms with Gasteiger partial charge in [-0.1, -0.05) is 60.1 Å². The number of hydrogen-bond acceptors (Lipinski definition) is 5. The number of methoxy groups -OCH3 is 1. The van der Waals surface area contributed by atoms with E-state index in [0.717, 1.165) is 40.3 Å². The van der Waals surface area contributed by atoms with Gasteiger partial charge in [0.1, 0.15) is 5.75 Å². The highest BCUT2D eigenvalue weighted by Gasteiger charge is 2.30. The summed E-state index contributed by atoms with van der Waals surface area (Å²) in [5, 5.41) is 11.8. The van der Waals surface area contributed by atoms with Crippen molar-refractivity contribution in [3.05, 3.63) is 129 Å². The zero-order valence-electron chi connectivity index (χ0n) is 20.5. The van der Waals surface area contributed by atoms with Crippen LogP contribution in [0.5, 0.6) is 5.75 Å². The third-order valence-corrected chi connectivity index (χ3v) is 7.19. The second-order valence-electron chi connectivity index (χ2n) is 8.66. The number of benzene rings is 4. The molecule has 190 valence electrons. The summed E-state index contributed by atoms with van der Waals surface area (Å²) in [5.74, 6) is 0.529. The third kappa shape index (κ3) is 5.79. The van der Waals surface area contributed by atoms with E-state index in [1.165, 1.54) is 0 Å². The monoisotopic (exact) mass is 586 g/mol. The summed E-state index contributed by atoms with van der Waals surface area (Å²) in [4.78, 5) is 12.4. The van der Waals surface area contributed by atoms with Crippen molar-refractivity contribution in [2.24, 2.45) is 10.2 Å². The number of anilines is 1. The van der Waals surface area contributed by atoms with E-state index in [1.807, 2.05) is 77.8 Å². The summed E-state index contributed by atoms with van der Waals surface area (Å²) in [6.07, 6.45) is 2.37. The van der Waals surface area contributed by atoms with E-state index < -0.39 is 0 Å². The van der Waals surface area contributed by atoms with Gasteiger partial charge < -0.3 is 4.74 Å². The lowest BCUT2D eigenvalue weighted by molar-refractivity contribution is 0.0954. The highest BCUT2D eigenvalue weighted by molar-refractivity contribution is 9.10. The summed E-state index contributed by atoms with van der Waals surface area (Å²) in [7, 11) is 1.66. The third-order valence-electron chi connectivity index (χ3n) is 6.24. The first-order chi connectivity index (χ1) is 18.5. The largest absolute Gasteiger partial charge is 0.497 e. The van der Waals surface area contributed by atoms with Gasteiger partial charge in [-0.05, 0) is 81.2 Å². The first-order valence-corrected chi connectivity index (χ1v) is 13.1. The Balaban J connectivity index is 1.36. The lowest BCUT2D eigenvalue weighted by atomic mass is 9.98. The van der Waals surface area contributed by atoms with Crippen molar-refractivity contribution in [2.45, 2.75) is 12.5 Å². The number of amides is 1. The van der Waals surface area contributed by atoms with E-state index >= 15 is 0 Å². The normalized spacial score (nSPS) is 15.0. The van der Waals surface area contributed by atoms with Crippen LogP contribution < -0.4 is 15.2 Å². The van der Waals surface area contributed by atoms with Gasteiger partial charge in [0.15, 0.2) is 0 Å². The highest BCUT2D eigenvalue weighted by atomic mass is 79.9. The van der Waals surface area contributed by atoms with Gasteiger partial charge in [0.25, 0.3) is 5.91 Å². The average molecular weight is 588 g/mol. The van der Waals surface area contributed by atoms with Crippen molar-refractivity contribution in [1.29, 1.82) is 0 Å². The zero-order chi connectivity index (χ0) is 26.5. The quantitative estimate of drug-likeness (QED) is 0.183. The molecule has 0 aliphatic carbocycles. The molecule has 1 atom stereocenters. The van der Waals surface area contributed by atoms with E-state index in [2.05, 4.69) is 38.6 Å². The Kier molecular flexibility index (Phi) is 7.86. The number of hydrogen-bond donors (Lipinski definition) is 1. The molecule has 0 fully saturated rings. The molecule has 1 unspecified atom stereocenters. The molecule has 0 bridgehead atoms. The Morgan fingerprint density at radius 1 is 1.03 bits per heavy atom. The number of ether oxygens (including phenoxy) is 1. The number of nitrogens with zero attached hydrogens (tertiary/aromatic N) is 3. The summed E-state index contributed by atoms with van der Waals surface area (Å²) < 4.78 is 6.06. The molecule has 1 amide bonds. The Labute approximate surface area is 234 Å². The molecule has 0 aromatic heterocycles. The topological polar surface area (TPSA) is 66.3 Å². The molecule has 4 aromatic carbocycles. The molecular formula is C30H24BrClN4O2. The Morgan fingerprint density at radius 2 is 1.74 bits per heavy atom. The van der Waals surface area contributed by atoms with Crippen LogP contribution >= 0.6 is 27.5 Å². The van der Waals surface area contributed by atoms with Gasteiger partial charge in [-0.3, -0.25) is 9.80 Å². The first kappa shape index (κ1) is 25.7. The molecule has 1 heterocycles. The summed E-state index contributed by atoms with van der Waals surface area (Å²) in [6, 6.07) is 31.0. The van der Waals surface area contributed by atoms with Gasteiger partial charge in [-0.25, -0.2) is 5.43 Å². The van der Waals surface area contributed by atoms with Crippen LogP contribution in [-0.2, 0) is 0 Å². The van der Waals surface area contributed by atoms with Crippen molar-refractivity contribution in [3.8, 4) is 5.75 Å².